The summed E-state index contributed by atoms with van der Waals surface area (Å²) in [6.07, 6.45) is 1.90. The van der Waals surface area contributed by atoms with E-state index in [9.17, 15) is 0 Å². The van der Waals surface area contributed by atoms with E-state index in [1.54, 1.807) is 0 Å². The van der Waals surface area contributed by atoms with Gasteiger partial charge in [0, 0.05) is 37.5 Å². The maximum Gasteiger partial charge on any atom is 0.161 e. The summed E-state index contributed by atoms with van der Waals surface area (Å²) in [5.41, 5.74) is 5.19. The fourth-order valence-corrected chi connectivity index (χ4v) is 5.60. The number of aryl methyl sites for hydroxylation is 1. The largest absolute Gasteiger partial charge is 0.453 e. The fourth-order valence-electron chi connectivity index (χ4n) is 4.67. The third-order valence-corrected chi connectivity index (χ3v) is 7.13. The van der Waals surface area contributed by atoms with Crippen LogP contribution in [0.5, 0.6) is 0 Å². The number of aromatic nitrogens is 1. The lowest BCUT2D eigenvalue weighted by atomic mass is 9.82. The lowest BCUT2D eigenvalue weighted by Gasteiger charge is -2.22. The molecule has 0 N–H and O–H groups in total. The zero-order chi connectivity index (χ0) is 21.3. The number of benzene rings is 3. The fraction of sp³-hybridized carbons (Fsp3) is 0.179. The van der Waals surface area contributed by atoms with Crippen molar-refractivity contribution in [1.29, 1.82) is 0 Å². The monoisotopic (exact) mass is 421 g/mol. The Morgan fingerprint density at radius 2 is 1.61 bits per heavy atom. The van der Waals surface area contributed by atoms with Crippen LogP contribution < -0.4 is 0 Å². The minimum absolute atomic E-state index is 0.0255. The Labute approximate surface area is 185 Å². The predicted molar refractivity (Wildman–Crippen MR) is 133 cm³/mol. The molecular formula is C28H23NOS. The molecule has 152 valence electrons. The Morgan fingerprint density at radius 3 is 2.45 bits per heavy atom. The van der Waals surface area contributed by atoms with Gasteiger partial charge in [-0.05, 0) is 65.1 Å². The van der Waals surface area contributed by atoms with Gasteiger partial charge in [-0.15, -0.1) is 11.3 Å². The van der Waals surface area contributed by atoms with Crippen LogP contribution in [-0.2, 0) is 5.41 Å². The first-order valence-electron chi connectivity index (χ1n) is 10.6. The number of pyridine rings is 1. The summed E-state index contributed by atoms with van der Waals surface area (Å²) in [6, 6.07) is 21.8. The number of rotatable bonds is 1. The molecule has 0 unspecified atom stereocenters. The normalized spacial score (nSPS) is 12.5. The molecule has 2 nitrogen and oxygen atoms in total. The Balaban J connectivity index is 1.70. The van der Waals surface area contributed by atoms with Crippen LogP contribution in [0.3, 0.4) is 0 Å². The molecule has 31 heavy (non-hydrogen) atoms. The van der Waals surface area contributed by atoms with E-state index in [1.165, 1.54) is 31.3 Å². The number of hydrogen-bond donors (Lipinski definition) is 0. The van der Waals surface area contributed by atoms with Gasteiger partial charge in [-0.2, -0.15) is 0 Å². The zero-order valence-corrected chi connectivity index (χ0v) is 18.9. The molecule has 0 saturated carbocycles. The molecule has 0 bridgehead atoms. The summed E-state index contributed by atoms with van der Waals surface area (Å²) in [6.45, 7) is 8.95. The Kier molecular flexibility index (Phi) is 3.85. The van der Waals surface area contributed by atoms with Crippen molar-refractivity contribution < 1.29 is 4.42 Å². The molecule has 6 aromatic rings. The molecule has 0 radical (unpaired) electrons. The van der Waals surface area contributed by atoms with Crippen molar-refractivity contribution >= 4 is 54.1 Å². The average Bonchev–Trinajstić information content (AvgIpc) is 3.31. The minimum Gasteiger partial charge on any atom is -0.453 e. The number of nitrogens with zero attached hydrogens (tertiary/aromatic N) is 1. The van der Waals surface area contributed by atoms with Gasteiger partial charge < -0.3 is 4.42 Å². The molecule has 0 fully saturated rings. The lowest BCUT2D eigenvalue weighted by molar-refractivity contribution is 0.596. The molecule has 0 atom stereocenters. The van der Waals surface area contributed by atoms with E-state index in [4.69, 9.17) is 9.40 Å². The Bertz CT molecular complexity index is 1630. The van der Waals surface area contributed by atoms with Crippen molar-refractivity contribution in [1.82, 2.24) is 4.98 Å². The number of furan rings is 1. The summed E-state index contributed by atoms with van der Waals surface area (Å²) in [5, 5.41) is 6.00. The van der Waals surface area contributed by atoms with Crippen molar-refractivity contribution in [3.8, 4) is 11.3 Å². The Morgan fingerprint density at radius 1 is 0.806 bits per heavy atom. The van der Waals surface area contributed by atoms with E-state index in [0.717, 1.165) is 33.2 Å². The predicted octanol–water partition coefficient (Wildman–Crippen LogP) is 8.62. The summed E-state index contributed by atoms with van der Waals surface area (Å²) in [4.78, 5) is 6.09. The van der Waals surface area contributed by atoms with E-state index in [0.29, 0.717) is 0 Å². The summed E-state index contributed by atoms with van der Waals surface area (Å²) in [5.74, 6) is 0. The second-order valence-electron chi connectivity index (χ2n) is 9.34. The molecule has 3 heteroatoms. The van der Waals surface area contributed by atoms with Gasteiger partial charge in [-0.1, -0.05) is 45.0 Å². The van der Waals surface area contributed by atoms with Gasteiger partial charge in [-0.25, -0.2) is 0 Å². The van der Waals surface area contributed by atoms with Gasteiger partial charge in [-0.3, -0.25) is 4.98 Å². The number of hydrogen-bond acceptors (Lipinski definition) is 3. The summed E-state index contributed by atoms with van der Waals surface area (Å²) >= 11 is 1.81. The van der Waals surface area contributed by atoms with Crippen molar-refractivity contribution in [3.05, 3.63) is 77.3 Å². The lowest BCUT2D eigenvalue weighted by Crippen LogP contribution is -2.12. The average molecular weight is 422 g/mol. The molecule has 3 aromatic carbocycles. The second kappa shape index (κ2) is 6.41. The standard InChI is InChI=1S/C28H23NOS/c1-16-13-22-24(31-16)10-9-20-21-11-12-29-25(27(21)30-26(20)22)18-14-17-7-5-6-8-19(17)23(15-18)28(2,3)4/h5-15H,1-4H3. The van der Waals surface area contributed by atoms with Crippen LogP contribution in [0.1, 0.15) is 31.2 Å². The SMILES string of the molecule is Cc1cc2c(ccc3c4ccnc(-c5cc(C(C)(C)C)c6ccccc6c5)c4oc23)s1. The van der Waals surface area contributed by atoms with Crippen LogP contribution in [0.15, 0.2) is 71.3 Å². The van der Waals surface area contributed by atoms with Gasteiger partial charge in [0.2, 0.25) is 0 Å². The van der Waals surface area contributed by atoms with Crippen molar-refractivity contribution in [3.63, 3.8) is 0 Å². The summed E-state index contributed by atoms with van der Waals surface area (Å²) < 4.78 is 7.81. The Hall–Kier alpha value is -3.17. The van der Waals surface area contributed by atoms with Crippen LogP contribution in [0.2, 0.25) is 0 Å². The van der Waals surface area contributed by atoms with E-state index < -0.39 is 0 Å². The molecule has 0 aliphatic carbocycles. The molecule has 0 aliphatic heterocycles. The maximum absolute atomic E-state index is 6.55. The summed E-state index contributed by atoms with van der Waals surface area (Å²) in [7, 11) is 0. The van der Waals surface area contributed by atoms with Crippen molar-refractivity contribution in [2.75, 3.05) is 0 Å². The molecule has 3 aromatic heterocycles. The molecule has 6 rings (SSSR count). The topological polar surface area (TPSA) is 26.0 Å². The zero-order valence-electron chi connectivity index (χ0n) is 18.1. The van der Waals surface area contributed by atoms with Crippen LogP contribution in [0.4, 0.5) is 0 Å². The van der Waals surface area contributed by atoms with Gasteiger partial charge in [0.15, 0.2) is 5.58 Å². The highest BCUT2D eigenvalue weighted by molar-refractivity contribution is 7.19. The smallest absolute Gasteiger partial charge is 0.161 e. The third-order valence-electron chi connectivity index (χ3n) is 6.12. The van der Waals surface area contributed by atoms with Crippen LogP contribution in [0.25, 0.3) is 54.1 Å². The minimum atomic E-state index is 0.0255. The molecule has 0 spiro atoms. The highest BCUT2D eigenvalue weighted by Crippen LogP contribution is 2.41. The van der Waals surface area contributed by atoms with Crippen LogP contribution >= 0.6 is 11.3 Å². The quantitative estimate of drug-likeness (QED) is 0.265. The van der Waals surface area contributed by atoms with E-state index >= 15 is 0 Å². The highest BCUT2D eigenvalue weighted by Gasteiger charge is 2.21. The van der Waals surface area contributed by atoms with Crippen molar-refractivity contribution in [2.45, 2.75) is 33.1 Å². The first-order chi connectivity index (χ1) is 14.9. The van der Waals surface area contributed by atoms with Crippen molar-refractivity contribution in [2.24, 2.45) is 0 Å². The van der Waals surface area contributed by atoms with Crippen LogP contribution in [0, 0.1) is 6.92 Å². The van der Waals surface area contributed by atoms with Gasteiger partial charge in [0.1, 0.15) is 11.3 Å². The first-order valence-corrected chi connectivity index (χ1v) is 11.5. The molecular weight excluding hydrogens is 398 g/mol. The second-order valence-corrected chi connectivity index (χ2v) is 10.6. The maximum atomic E-state index is 6.55. The number of thiophene rings is 1. The van der Waals surface area contributed by atoms with Gasteiger partial charge in [0.25, 0.3) is 0 Å². The van der Waals surface area contributed by atoms with E-state index in [-0.39, 0.29) is 5.41 Å². The molecule has 0 amide bonds. The molecule has 0 aliphatic rings. The van der Waals surface area contributed by atoms with Gasteiger partial charge in [0.05, 0.1) is 0 Å². The molecule has 0 saturated heterocycles. The van der Waals surface area contributed by atoms with E-state index in [2.05, 4.69) is 88.4 Å². The molecule has 3 heterocycles. The van der Waals surface area contributed by atoms with Gasteiger partial charge >= 0.3 is 0 Å². The number of fused-ring (bicyclic) bond motifs is 6. The first kappa shape index (κ1) is 18.6. The van der Waals surface area contributed by atoms with Crippen LogP contribution in [-0.4, -0.2) is 4.98 Å². The highest BCUT2D eigenvalue weighted by atomic mass is 32.1. The van der Waals surface area contributed by atoms with E-state index in [1.807, 2.05) is 17.5 Å². The third kappa shape index (κ3) is 2.80.